The van der Waals surface area contributed by atoms with Crippen LogP contribution < -0.4 is 16.8 Å². The molecule has 0 atom stereocenters. The third kappa shape index (κ3) is 2.21. The maximum absolute atomic E-state index is 11.6. The van der Waals surface area contributed by atoms with E-state index in [9.17, 15) is 9.59 Å². The van der Waals surface area contributed by atoms with E-state index in [0.29, 0.717) is 5.82 Å². The van der Waals surface area contributed by atoms with Crippen LogP contribution >= 0.6 is 0 Å². The first-order chi connectivity index (χ1) is 8.22. The third-order valence-corrected chi connectivity index (χ3v) is 2.22. The summed E-state index contributed by atoms with van der Waals surface area (Å²) in [5, 5.41) is 0. The van der Waals surface area contributed by atoms with Gasteiger partial charge < -0.3 is 4.98 Å². The average Bonchev–Trinajstić information content (AvgIpc) is 2.39. The Labute approximate surface area is 96.5 Å². The van der Waals surface area contributed by atoms with Crippen molar-refractivity contribution in [3.05, 3.63) is 52.4 Å². The van der Waals surface area contributed by atoms with Crippen molar-refractivity contribution in [3.8, 4) is 11.4 Å². The summed E-state index contributed by atoms with van der Waals surface area (Å²) in [5.41, 5.74) is 2.01. The number of nitrogen functional groups attached to an aromatic ring is 1. The number of aromatic amines is 1. The Morgan fingerprint density at radius 2 is 2.00 bits per heavy atom. The smallest absolute Gasteiger partial charge is 0.272 e. The molecule has 4 N–H and O–H groups in total. The van der Waals surface area contributed by atoms with Gasteiger partial charge in [-0.1, -0.05) is 30.3 Å². The number of amides is 1. The fourth-order valence-corrected chi connectivity index (χ4v) is 1.38. The van der Waals surface area contributed by atoms with Crippen LogP contribution in [-0.4, -0.2) is 15.9 Å². The fourth-order valence-electron chi connectivity index (χ4n) is 1.38. The molecule has 0 spiro atoms. The standard InChI is InChI=1S/C11H10N4O2/c12-15-11(17)8-6-13-9(14-10(8)16)7-4-2-1-3-5-7/h1-6H,12H2,(H,15,17)(H,13,14,16). The highest BCUT2D eigenvalue weighted by atomic mass is 16.2. The van der Waals surface area contributed by atoms with Gasteiger partial charge in [-0.2, -0.15) is 0 Å². The van der Waals surface area contributed by atoms with E-state index in [4.69, 9.17) is 5.84 Å². The minimum Gasteiger partial charge on any atom is -0.306 e. The number of H-pyrrole nitrogens is 1. The summed E-state index contributed by atoms with van der Waals surface area (Å²) in [6, 6.07) is 9.13. The van der Waals surface area contributed by atoms with Crippen molar-refractivity contribution in [2.45, 2.75) is 0 Å². The first-order valence-corrected chi connectivity index (χ1v) is 4.88. The Morgan fingerprint density at radius 3 is 2.59 bits per heavy atom. The number of carbonyl (C=O) groups excluding carboxylic acids is 1. The molecule has 0 saturated carbocycles. The number of hydrazine groups is 1. The Morgan fingerprint density at radius 1 is 1.29 bits per heavy atom. The highest BCUT2D eigenvalue weighted by Gasteiger charge is 2.10. The second kappa shape index (κ2) is 4.58. The number of aromatic nitrogens is 2. The number of benzene rings is 1. The van der Waals surface area contributed by atoms with E-state index >= 15 is 0 Å². The molecule has 1 amide bonds. The van der Waals surface area contributed by atoms with Gasteiger partial charge >= 0.3 is 0 Å². The molecule has 2 rings (SSSR count). The summed E-state index contributed by atoms with van der Waals surface area (Å²) in [5.74, 6) is 4.68. The molecular weight excluding hydrogens is 220 g/mol. The van der Waals surface area contributed by atoms with Crippen molar-refractivity contribution in [2.75, 3.05) is 0 Å². The monoisotopic (exact) mass is 230 g/mol. The van der Waals surface area contributed by atoms with Crippen molar-refractivity contribution in [3.63, 3.8) is 0 Å². The summed E-state index contributed by atoms with van der Waals surface area (Å²) in [7, 11) is 0. The van der Waals surface area contributed by atoms with Crippen molar-refractivity contribution < 1.29 is 4.79 Å². The first-order valence-electron chi connectivity index (χ1n) is 4.88. The predicted octanol–water partition coefficient (Wildman–Crippen LogP) is 0.0404. The Hall–Kier alpha value is -2.47. The van der Waals surface area contributed by atoms with Crippen LogP contribution in [0.1, 0.15) is 10.4 Å². The molecular formula is C11H10N4O2. The normalized spacial score (nSPS) is 9.94. The zero-order chi connectivity index (χ0) is 12.3. The summed E-state index contributed by atoms with van der Waals surface area (Å²) < 4.78 is 0. The molecule has 86 valence electrons. The lowest BCUT2D eigenvalue weighted by Gasteiger charge is -2.02. The molecule has 0 aliphatic carbocycles. The van der Waals surface area contributed by atoms with Gasteiger partial charge in [0.15, 0.2) is 0 Å². The quantitative estimate of drug-likeness (QED) is 0.385. The summed E-state index contributed by atoms with van der Waals surface area (Å²) in [6.07, 6.45) is 1.20. The number of hydrogen-bond acceptors (Lipinski definition) is 4. The lowest BCUT2D eigenvalue weighted by atomic mass is 10.2. The highest BCUT2D eigenvalue weighted by molar-refractivity contribution is 5.93. The second-order valence-corrected chi connectivity index (χ2v) is 3.31. The Bertz CT molecular complexity index is 592. The van der Waals surface area contributed by atoms with Gasteiger partial charge in [-0.3, -0.25) is 15.0 Å². The molecule has 2 aromatic rings. The third-order valence-electron chi connectivity index (χ3n) is 2.22. The number of hydrogen-bond donors (Lipinski definition) is 3. The van der Waals surface area contributed by atoms with Gasteiger partial charge in [0.05, 0.1) is 0 Å². The number of rotatable bonds is 2. The number of carbonyl (C=O) groups is 1. The molecule has 0 saturated heterocycles. The van der Waals surface area contributed by atoms with E-state index in [0.717, 1.165) is 5.56 Å². The topological polar surface area (TPSA) is 101 Å². The number of nitrogens with zero attached hydrogens (tertiary/aromatic N) is 1. The van der Waals surface area contributed by atoms with Gasteiger partial charge in [0.2, 0.25) is 0 Å². The lowest BCUT2D eigenvalue weighted by Crippen LogP contribution is -2.34. The summed E-state index contributed by atoms with van der Waals surface area (Å²) >= 11 is 0. The molecule has 1 aromatic carbocycles. The van der Waals surface area contributed by atoms with Crippen LogP contribution in [0.4, 0.5) is 0 Å². The van der Waals surface area contributed by atoms with Crippen LogP contribution in [0.5, 0.6) is 0 Å². The molecule has 0 unspecified atom stereocenters. The van der Waals surface area contributed by atoms with Gasteiger partial charge in [-0.25, -0.2) is 10.8 Å². The van der Waals surface area contributed by atoms with Crippen LogP contribution in [0, 0.1) is 0 Å². The Balaban J connectivity index is 2.45. The first kappa shape index (κ1) is 11.0. The molecule has 6 heteroatoms. The fraction of sp³-hybridized carbons (Fsp3) is 0. The molecule has 0 fully saturated rings. The van der Waals surface area contributed by atoms with E-state index < -0.39 is 11.5 Å². The maximum atomic E-state index is 11.6. The Kier molecular flexibility index (Phi) is 2.97. The molecule has 1 aromatic heterocycles. The molecule has 0 aliphatic heterocycles. The maximum Gasteiger partial charge on any atom is 0.272 e. The average molecular weight is 230 g/mol. The van der Waals surface area contributed by atoms with E-state index in [2.05, 4.69) is 9.97 Å². The van der Waals surface area contributed by atoms with Crippen LogP contribution in [0.3, 0.4) is 0 Å². The van der Waals surface area contributed by atoms with E-state index in [-0.39, 0.29) is 5.56 Å². The predicted molar refractivity (Wildman–Crippen MR) is 61.9 cm³/mol. The zero-order valence-electron chi connectivity index (χ0n) is 8.81. The molecule has 6 nitrogen and oxygen atoms in total. The minimum atomic E-state index is -0.668. The molecule has 0 aliphatic rings. The molecule has 1 heterocycles. The number of nitrogens with two attached hydrogens (primary N) is 1. The van der Waals surface area contributed by atoms with Gasteiger partial charge in [0.25, 0.3) is 11.5 Å². The van der Waals surface area contributed by atoms with Gasteiger partial charge in [0, 0.05) is 11.8 Å². The highest BCUT2D eigenvalue weighted by Crippen LogP contribution is 2.11. The van der Waals surface area contributed by atoms with Crippen molar-refractivity contribution >= 4 is 5.91 Å². The number of nitrogens with one attached hydrogen (secondary N) is 2. The SMILES string of the molecule is NNC(=O)c1cnc(-c2ccccc2)[nH]c1=O. The van der Waals surface area contributed by atoms with Gasteiger partial charge in [-0.05, 0) is 0 Å². The van der Waals surface area contributed by atoms with Crippen molar-refractivity contribution in [1.29, 1.82) is 0 Å². The van der Waals surface area contributed by atoms with Crippen LogP contribution in [0.15, 0.2) is 41.3 Å². The van der Waals surface area contributed by atoms with E-state index in [1.165, 1.54) is 6.20 Å². The summed E-state index contributed by atoms with van der Waals surface area (Å²) in [6.45, 7) is 0. The van der Waals surface area contributed by atoms with Gasteiger partial charge in [-0.15, -0.1) is 0 Å². The largest absolute Gasteiger partial charge is 0.306 e. The molecule has 0 bridgehead atoms. The molecule has 0 radical (unpaired) electrons. The van der Waals surface area contributed by atoms with E-state index in [1.807, 2.05) is 23.6 Å². The minimum absolute atomic E-state index is 0.118. The summed E-state index contributed by atoms with van der Waals surface area (Å²) in [4.78, 5) is 29.3. The molecule has 17 heavy (non-hydrogen) atoms. The lowest BCUT2D eigenvalue weighted by molar-refractivity contribution is 0.0952. The van der Waals surface area contributed by atoms with Crippen LogP contribution in [0.25, 0.3) is 11.4 Å². The van der Waals surface area contributed by atoms with Crippen LogP contribution in [-0.2, 0) is 0 Å². The van der Waals surface area contributed by atoms with Crippen molar-refractivity contribution in [2.24, 2.45) is 5.84 Å². The van der Waals surface area contributed by atoms with Crippen molar-refractivity contribution in [1.82, 2.24) is 15.4 Å². The van der Waals surface area contributed by atoms with E-state index in [1.54, 1.807) is 12.1 Å². The van der Waals surface area contributed by atoms with Crippen LogP contribution in [0.2, 0.25) is 0 Å². The second-order valence-electron chi connectivity index (χ2n) is 3.31. The zero-order valence-corrected chi connectivity index (χ0v) is 8.81. The van der Waals surface area contributed by atoms with Gasteiger partial charge in [0.1, 0.15) is 11.4 Å².